The number of aliphatic hydroxyl groups is 1. The summed E-state index contributed by atoms with van der Waals surface area (Å²) < 4.78 is 54.2. The van der Waals surface area contributed by atoms with Gasteiger partial charge in [0.2, 0.25) is 0 Å². The number of hydrogen-bond acceptors (Lipinski definition) is 4. The van der Waals surface area contributed by atoms with Crippen LogP contribution < -0.4 is 0 Å². The molecule has 0 amide bonds. The van der Waals surface area contributed by atoms with Gasteiger partial charge in [0.25, 0.3) is 5.69 Å². The summed E-state index contributed by atoms with van der Waals surface area (Å²) in [6, 6.07) is 4.63. The van der Waals surface area contributed by atoms with Crippen molar-refractivity contribution in [1.82, 2.24) is 0 Å². The van der Waals surface area contributed by atoms with Crippen LogP contribution in [-0.2, 0) is 11.0 Å². The molecule has 6 nitrogen and oxygen atoms in total. The summed E-state index contributed by atoms with van der Waals surface area (Å²) in [7, 11) is -1.87. The van der Waals surface area contributed by atoms with Gasteiger partial charge in [0.1, 0.15) is 11.0 Å². The van der Waals surface area contributed by atoms with Crippen LogP contribution >= 0.6 is 0 Å². The Labute approximate surface area is 145 Å². The number of nitro benzene ring substituents is 1. The van der Waals surface area contributed by atoms with E-state index >= 15 is 0 Å². The van der Waals surface area contributed by atoms with Crippen LogP contribution in [0.4, 0.5) is 18.9 Å². The summed E-state index contributed by atoms with van der Waals surface area (Å²) >= 11 is 0. The molecule has 1 aromatic rings. The van der Waals surface area contributed by atoms with Crippen molar-refractivity contribution in [3.05, 3.63) is 39.9 Å². The Morgan fingerprint density at radius 3 is 2.04 bits per heavy atom. The Bertz CT molecular complexity index is 692. The van der Waals surface area contributed by atoms with Crippen LogP contribution in [0.2, 0.25) is 0 Å². The summed E-state index contributed by atoms with van der Waals surface area (Å²) in [4.78, 5) is 10.0. The van der Waals surface area contributed by atoms with E-state index in [9.17, 15) is 32.6 Å². The molecule has 0 bridgehead atoms. The van der Waals surface area contributed by atoms with Gasteiger partial charge in [0.05, 0.1) is 15.4 Å². The zero-order valence-corrected chi connectivity index (χ0v) is 14.9. The number of alkyl halides is 3. The van der Waals surface area contributed by atoms with Crippen molar-refractivity contribution < 1.29 is 27.4 Å². The average Bonchev–Trinajstić information content (AvgIpc) is 2.44. The average molecular weight is 380 g/mol. The molecule has 140 valence electrons. The first-order valence-corrected chi connectivity index (χ1v) is 8.29. The third kappa shape index (κ3) is 5.60. The topological polar surface area (TPSA) is 92.8 Å². The lowest BCUT2D eigenvalue weighted by molar-refractivity contribution is -0.384. The molecule has 10 heteroatoms. The molecule has 0 fully saturated rings. The van der Waals surface area contributed by atoms with Crippen molar-refractivity contribution in [2.75, 3.05) is 0 Å². The van der Waals surface area contributed by atoms with E-state index < -0.39 is 38.9 Å². The molecule has 25 heavy (non-hydrogen) atoms. The number of hydrogen-bond donors (Lipinski definition) is 1. The van der Waals surface area contributed by atoms with Gasteiger partial charge in [-0.2, -0.15) is 17.6 Å². The van der Waals surface area contributed by atoms with Gasteiger partial charge in [-0.15, -0.1) is 0 Å². The molecule has 1 N–H and O–H groups in total. The Hall–Kier alpha value is -1.81. The summed E-state index contributed by atoms with van der Waals surface area (Å²) in [5.74, 6) is 0. The number of nitrogens with zero attached hydrogens (tertiary/aromatic N) is 2. The van der Waals surface area contributed by atoms with E-state index in [1.165, 1.54) is 12.1 Å². The highest BCUT2D eigenvalue weighted by Crippen LogP contribution is 2.34. The second-order valence-corrected chi connectivity index (χ2v) is 8.56. The Kier molecular flexibility index (Phi) is 6.12. The zero-order valence-electron chi connectivity index (χ0n) is 14.1. The molecule has 0 aliphatic rings. The maximum absolute atomic E-state index is 13.0. The Balaban J connectivity index is 3.36. The van der Waals surface area contributed by atoms with E-state index in [1.54, 1.807) is 20.8 Å². The molecule has 0 unspecified atom stereocenters. The highest BCUT2D eigenvalue weighted by atomic mass is 32.2. The van der Waals surface area contributed by atoms with Crippen LogP contribution in [0.25, 0.3) is 0 Å². The molecule has 0 aliphatic carbocycles. The van der Waals surface area contributed by atoms with Crippen LogP contribution in [0.5, 0.6) is 0 Å². The van der Waals surface area contributed by atoms with E-state index in [1.807, 2.05) is 0 Å². The SMILES string of the molecule is CC(C)(C)[S@@](=O)/N=C(/C[C@](C)(O)C(F)(F)F)c1ccc([N+](=O)[O-])cc1. The minimum absolute atomic E-state index is 0.118. The van der Waals surface area contributed by atoms with E-state index in [2.05, 4.69) is 4.40 Å². The second kappa shape index (κ2) is 7.20. The van der Waals surface area contributed by atoms with Crippen molar-refractivity contribution in [2.24, 2.45) is 4.40 Å². The summed E-state index contributed by atoms with van der Waals surface area (Å²) in [5.41, 5.74) is -3.46. The van der Waals surface area contributed by atoms with Gasteiger partial charge in [0.15, 0.2) is 5.60 Å². The zero-order chi connectivity index (χ0) is 19.6. The normalized spacial score (nSPS) is 17.0. The summed E-state index contributed by atoms with van der Waals surface area (Å²) in [6.07, 6.45) is -5.85. The lowest BCUT2D eigenvalue weighted by Gasteiger charge is -2.27. The van der Waals surface area contributed by atoms with Gasteiger partial charge in [0, 0.05) is 18.6 Å². The molecule has 0 radical (unpaired) electrons. The fourth-order valence-corrected chi connectivity index (χ4v) is 2.27. The first kappa shape index (κ1) is 21.2. The lowest BCUT2D eigenvalue weighted by Crippen LogP contribution is -2.44. The van der Waals surface area contributed by atoms with Gasteiger partial charge in [-0.3, -0.25) is 10.1 Å². The monoisotopic (exact) mass is 380 g/mol. The van der Waals surface area contributed by atoms with E-state index in [0.29, 0.717) is 6.92 Å². The van der Waals surface area contributed by atoms with Crippen molar-refractivity contribution >= 4 is 22.4 Å². The molecule has 0 saturated carbocycles. The predicted molar refractivity (Wildman–Crippen MR) is 88.8 cm³/mol. The maximum atomic E-state index is 13.0. The second-order valence-electron chi connectivity index (χ2n) is 6.65. The minimum atomic E-state index is -4.92. The molecule has 1 aromatic carbocycles. The number of non-ortho nitro benzene ring substituents is 1. The van der Waals surface area contributed by atoms with Crippen LogP contribution in [0.1, 0.15) is 39.7 Å². The van der Waals surface area contributed by atoms with Crippen molar-refractivity contribution in [1.29, 1.82) is 0 Å². The predicted octanol–water partition coefficient (Wildman–Crippen LogP) is 3.55. The van der Waals surface area contributed by atoms with E-state index in [0.717, 1.165) is 12.1 Å². The van der Waals surface area contributed by atoms with Crippen LogP contribution in [0.3, 0.4) is 0 Å². The van der Waals surface area contributed by atoms with Crippen molar-refractivity contribution in [3.8, 4) is 0 Å². The molecule has 0 aliphatic heterocycles. The molecule has 0 heterocycles. The molecule has 1 rings (SSSR count). The van der Waals surface area contributed by atoms with Gasteiger partial charge < -0.3 is 5.11 Å². The Morgan fingerprint density at radius 2 is 1.68 bits per heavy atom. The van der Waals surface area contributed by atoms with Crippen LogP contribution in [-0.4, -0.2) is 36.5 Å². The van der Waals surface area contributed by atoms with Crippen molar-refractivity contribution in [3.63, 3.8) is 0 Å². The molecular weight excluding hydrogens is 361 g/mol. The minimum Gasteiger partial charge on any atom is -0.380 e. The fourth-order valence-electron chi connectivity index (χ4n) is 1.63. The lowest BCUT2D eigenvalue weighted by atomic mass is 9.94. The highest BCUT2D eigenvalue weighted by molar-refractivity contribution is 7.85. The van der Waals surface area contributed by atoms with Gasteiger partial charge in [-0.1, -0.05) is 0 Å². The third-order valence-corrected chi connectivity index (χ3v) is 4.68. The van der Waals surface area contributed by atoms with E-state index in [-0.39, 0.29) is 17.0 Å². The van der Waals surface area contributed by atoms with Gasteiger partial charge in [-0.25, -0.2) is 4.21 Å². The standard InChI is InChI=1S/C15H19F3N2O4S/c1-13(2,3)25(24)19-12(9-14(4,21)15(16,17)18)10-5-7-11(8-6-10)20(22)23/h5-8,21H,9H2,1-4H3/b19-12-/t14-,25+/m0/s1. The van der Waals surface area contributed by atoms with Gasteiger partial charge in [-0.05, 0) is 45.4 Å². The largest absolute Gasteiger partial charge is 0.417 e. The summed E-state index contributed by atoms with van der Waals surface area (Å²) in [5, 5.41) is 20.4. The summed E-state index contributed by atoms with van der Waals surface area (Å²) in [6.45, 7) is 5.39. The first-order chi connectivity index (χ1) is 11.1. The maximum Gasteiger partial charge on any atom is 0.417 e. The van der Waals surface area contributed by atoms with Crippen LogP contribution in [0.15, 0.2) is 28.7 Å². The molecule has 0 saturated heterocycles. The van der Waals surface area contributed by atoms with Crippen molar-refractivity contribution in [2.45, 2.75) is 50.6 Å². The molecular formula is C15H19F3N2O4S. The van der Waals surface area contributed by atoms with E-state index in [4.69, 9.17) is 0 Å². The highest BCUT2D eigenvalue weighted by Gasteiger charge is 2.50. The fraction of sp³-hybridized carbons (Fsp3) is 0.533. The molecule has 0 aromatic heterocycles. The molecule has 0 spiro atoms. The number of halogens is 3. The number of rotatable bonds is 5. The smallest absolute Gasteiger partial charge is 0.380 e. The Morgan fingerprint density at radius 1 is 1.20 bits per heavy atom. The third-order valence-electron chi connectivity index (χ3n) is 3.25. The number of nitro groups is 1. The first-order valence-electron chi connectivity index (χ1n) is 7.18. The number of benzene rings is 1. The quantitative estimate of drug-likeness (QED) is 0.480. The molecule has 2 atom stereocenters. The van der Waals surface area contributed by atoms with Crippen LogP contribution in [0, 0.1) is 10.1 Å². The van der Waals surface area contributed by atoms with Gasteiger partial charge >= 0.3 is 6.18 Å².